The lowest BCUT2D eigenvalue weighted by Crippen LogP contribution is -2.10. The van der Waals surface area contributed by atoms with Gasteiger partial charge in [0.15, 0.2) is 0 Å². The lowest BCUT2D eigenvalue weighted by Gasteiger charge is -2.26. The number of aromatic nitrogens is 1. The van der Waals surface area contributed by atoms with Crippen molar-refractivity contribution < 1.29 is 4.42 Å². The van der Waals surface area contributed by atoms with Gasteiger partial charge in [0, 0.05) is 69.7 Å². The van der Waals surface area contributed by atoms with E-state index in [1.165, 1.54) is 52.9 Å². The maximum absolute atomic E-state index is 6.62. The van der Waals surface area contributed by atoms with E-state index in [2.05, 4.69) is 228 Å². The highest BCUT2D eigenvalue weighted by Crippen LogP contribution is 2.45. The standard InChI is InChI=1S/C58H36N2OS/c1-2-17-45-37(13-1)29-33-49-57-44(21-12-25-54(57)61-58(45)49)39-14-11-15-41(35-39)59(42-32-34-56-50(36-42)48-20-6-10-26-55(48)62-56)40-30-27-38(28-31-40)43-16-3-7-22-51(43)60-52-23-8-4-18-46(52)47-19-5-9-24-53(47)60/h1-36H. The zero-order chi connectivity index (χ0) is 40.7. The molecule has 0 bridgehead atoms. The van der Waals surface area contributed by atoms with E-state index in [-0.39, 0.29) is 0 Å². The van der Waals surface area contributed by atoms with E-state index in [0.29, 0.717) is 0 Å². The van der Waals surface area contributed by atoms with Gasteiger partial charge in [-0.3, -0.25) is 0 Å². The number of nitrogens with zero attached hydrogens (tertiary/aromatic N) is 2. The van der Waals surface area contributed by atoms with Gasteiger partial charge in [0.1, 0.15) is 11.2 Å². The van der Waals surface area contributed by atoms with E-state index in [1.54, 1.807) is 0 Å². The van der Waals surface area contributed by atoms with Gasteiger partial charge in [0.05, 0.1) is 16.7 Å². The highest BCUT2D eigenvalue weighted by molar-refractivity contribution is 7.25. The van der Waals surface area contributed by atoms with Crippen LogP contribution in [0, 0.1) is 0 Å². The number of hydrogen-bond acceptors (Lipinski definition) is 3. The molecule has 0 spiro atoms. The fourth-order valence-electron chi connectivity index (χ4n) is 9.79. The Morgan fingerprint density at radius 3 is 1.87 bits per heavy atom. The Balaban J connectivity index is 0.974. The van der Waals surface area contributed by atoms with Crippen molar-refractivity contribution in [2.75, 3.05) is 4.90 Å². The number of thiophene rings is 1. The number of hydrogen-bond donors (Lipinski definition) is 0. The Hall–Kier alpha value is -7.92. The minimum atomic E-state index is 0.891. The molecule has 62 heavy (non-hydrogen) atoms. The van der Waals surface area contributed by atoms with Crippen molar-refractivity contribution in [3.63, 3.8) is 0 Å². The van der Waals surface area contributed by atoms with Crippen molar-refractivity contribution in [1.29, 1.82) is 0 Å². The third-order valence-electron chi connectivity index (χ3n) is 12.6. The second-order valence-electron chi connectivity index (χ2n) is 16.0. The SMILES string of the molecule is c1cc(-c2cccc3oc4c5ccccc5ccc4c23)cc(N(c2ccc(-c3ccccc3-n3c4ccccc4c4ccccc43)cc2)c2ccc3sc4ccccc4c3c2)c1. The average molecular weight is 809 g/mol. The molecule has 0 atom stereocenters. The molecule has 0 unspecified atom stereocenters. The Bertz CT molecular complexity index is 3830. The summed E-state index contributed by atoms with van der Waals surface area (Å²) < 4.78 is 11.6. The predicted octanol–water partition coefficient (Wildman–Crippen LogP) is 17.0. The van der Waals surface area contributed by atoms with Crippen LogP contribution in [0.2, 0.25) is 0 Å². The first-order chi connectivity index (χ1) is 30.7. The molecular formula is C58H36N2OS. The molecule has 3 heterocycles. The zero-order valence-electron chi connectivity index (χ0n) is 33.5. The van der Waals surface area contributed by atoms with E-state index in [9.17, 15) is 0 Å². The Morgan fingerprint density at radius 1 is 0.387 bits per heavy atom. The van der Waals surface area contributed by atoms with Gasteiger partial charge in [-0.05, 0) is 101 Å². The molecular weight excluding hydrogens is 773 g/mol. The molecule has 0 saturated carbocycles. The molecule has 0 radical (unpaired) electrons. The maximum Gasteiger partial charge on any atom is 0.143 e. The summed E-state index contributed by atoms with van der Waals surface area (Å²) in [5.74, 6) is 0. The summed E-state index contributed by atoms with van der Waals surface area (Å²) in [5.41, 5.74) is 13.3. The number of anilines is 3. The molecule has 0 aliphatic carbocycles. The van der Waals surface area contributed by atoms with Crippen LogP contribution in [0.1, 0.15) is 0 Å². The van der Waals surface area contributed by atoms with E-state index in [4.69, 9.17) is 4.42 Å². The van der Waals surface area contributed by atoms with Crippen LogP contribution >= 0.6 is 11.3 Å². The van der Waals surface area contributed by atoms with Crippen molar-refractivity contribution in [2.45, 2.75) is 0 Å². The summed E-state index contributed by atoms with van der Waals surface area (Å²) in [7, 11) is 0. The second kappa shape index (κ2) is 13.8. The van der Waals surface area contributed by atoms with E-state index in [0.717, 1.165) is 66.8 Å². The van der Waals surface area contributed by atoms with Crippen LogP contribution in [-0.2, 0) is 0 Å². The Kier molecular flexibility index (Phi) is 7.78. The fourth-order valence-corrected chi connectivity index (χ4v) is 10.9. The van der Waals surface area contributed by atoms with E-state index < -0.39 is 0 Å². The summed E-state index contributed by atoms with van der Waals surface area (Å²) in [5, 5.41) is 9.63. The smallest absolute Gasteiger partial charge is 0.143 e. The summed E-state index contributed by atoms with van der Waals surface area (Å²) in [6.07, 6.45) is 0. The van der Waals surface area contributed by atoms with Crippen LogP contribution < -0.4 is 4.90 Å². The third kappa shape index (κ3) is 5.37. The number of para-hydroxylation sites is 3. The Morgan fingerprint density at radius 2 is 1.03 bits per heavy atom. The highest BCUT2D eigenvalue weighted by atomic mass is 32.1. The highest BCUT2D eigenvalue weighted by Gasteiger charge is 2.20. The van der Waals surface area contributed by atoms with Crippen LogP contribution in [0.4, 0.5) is 17.1 Å². The van der Waals surface area contributed by atoms with Crippen LogP contribution in [0.3, 0.4) is 0 Å². The minimum absolute atomic E-state index is 0.891. The molecule has 13 rings (SSSR count). The van der Waals surface area contributed by atoms with E-state index in [1.807, 2.05) is 11.3 Å². The van der Waals surface area contributed by atoms with Crippen LogP contribution in [-0.4, -0.2) is 4.57 Å². The number of fused-ring (bicyclic) bond motifs is 11. The van der Waals surface area contributed by atoms with Gasteiger partial charge >= 0.3 is 0 Å². The van der Waals surface area contributed by atoms with Crippen molar-refractivity contribution >= 4 is 103 Å². The average Bonchev–Trinajstić information content (AvgIpc) is 4.02. The van der Waals surface area contributed by atoms with Crippen LogP contribution in [0.25, 0.3) is 103 Å². The molecule has 0 saturated heterocycles. The molecule has 3 aromatic heterocycles. The molecule has 0 fully saturated rings. The summed E-state index contributed by atoms with van der Waals surface area (Å²) >= 11 is 1.85. The molecule has 10 aromatic carbocycles. The van der Waals surface area contributed by atoms with Crippen LogP contribution in [0.15, 0.2) is 223 Å². The lowest BCUT2D eigenvalue weighted by atomic mass is 9.97. The molecule has 4 heteroatoms. The van der Waals surface area contributed by atoms with Gasteiger partial charge < -0.3 is 13.9 Å². The quantitative estimate of drug-likeness (QED) is 0.167. The van der Waals surface area contributed by atoms with Crippen LogP contribution in [0.5, 0.6) is 0 Å². The van der Waals surface area contributed by atoms with Gasteiger partial charge in [-0.2, -0.15) is 0 Å². The minimum Gasteiger partial charge on any atom is -0.455 e. The normalized spacial score (nSPS) is 11.9. The van der Waals surface area contributed by atoms with Gasteiger partial charge in [-0.1, -0.05) is 140 Å². The molecule has 13 aromatic rings. The first kappa shape index (κ1) is 34.9. The van der Waals surface area contributed by atoms with E-state index >= 15 is 0 Å². The Labute approximate surface area is 361 Å². The van der Waals surface area contributed by atoms with Gasteiger partial charge in [-0.15, -0.1) is 11.3 Å². The summed E-state index contributed by atoms with van der Waals surface area (Å²) in [4.78, 5) is 2.40. The molecule has 0 N–H and O–H groups in total. The largest absolute Gasteiger partial charge is 0.455 e. The molecule has 3 nitrogen and oxygen atoms in total. The molecule has 0 aliphatic heterocycles. The zero-order valence-corrected chi connectivity index (χ0v) is 34.3. The maximum atomic E-state index is 6.62. The summed E-state index contributed by atoms with van der Waals surface area (Å²) in [6.45, 7) is 0. The lowest BCUT2D eigenvalue weighted by molar-refractivity contribution is 0.673. The van der Waals surface area contributed by atoms with Crippen molar-refractivity contribution in [1.82, 2.24) is 4.57 Å². The van der Waals surface area contributed by atoms with Crippen molar-refractivity contribution in [2.24, 2.45) is 0 Å². The van der Waals surface area contributed by atoms with Gasteiger partial charge in [0.25, 0.3) is 0 Å². The first-order valence-corrected chi connectivity index (χ1v) is 21.9. The molecule has 0 amide bonds. The van der Waals surface area contributed by atoms with Crippen molar-refractivity contribution in [3.8, 4) is 27.9 Å². The van der Waals surface area contributed by atoms with Gasteiger partial charge in [0.2, 0.25) is 0 Å². The number of benzene rings is 10. The predicted molar refractivity (Wildman–Crippen MR) is 264 cm³/mol. The third-order valence-corrected chi connectivity index (χ3v) is 13.7. The first-order valence-electron chi connectivity index (χ1n) is 21.1. The van der Waals surface area contributed by atoms with Crippen molar-refractivity contribution in [3.05, 3.63) is 218 Å². The topological polar surface area (TPSA) is 21.3 Å². The molecule has 0 aliphatic rings. The number of rotatable bonds is 6. The van der Waals surface area contributed by atoms with Gasteiger partial charge in [-0.25, -0.2) is 0 Å². The number of furan rings is 1. The second-order valence-corrected chi connectivity index (χ2v) is 17.1. The monoisotopic (exact) mass is 808 g/mol. The molecule has 290 valence electrons. The fraction of sp³-hybridized carbons (Fsp3) is 0. The summed E-state index contributed by atoms with van der Waals surface area (Å²) in [6, 6.07) is 79.2.